The van der Waals surface area contributed by atoms with Crippen LogP contribution in [-0.2, 0) is 6.54 Å². The SMILES string of the molecule is COc1cccc(C(O)Cn2cccc(C)c2=O)c1. The molecule has 4 nitrogen and oxygen atoms in total. The number of ether oxygens (including phenoxy) is 1. The molecule has 0 saturated heterocycles. The van der Waals surface area contributed by atoms with E-state index in [1.807, 2.05) is 18.2 Å². The standard InChI is InChI=1S/C15H17NO3/c1-11-5-4-8-16(15(11)18)10-14(17)12-6-3-7-13(9-12)19-2/h3-9,14,17H,10H2,1-2H3. The van der Waals surface area contributed by atoms with Gasteiger partial charge in [0.05, 0.1) is 19.8 Å². The van der Waals surface area contributed by atoms with Crippen LogP contribution in [-0.4, -0.2) is 16.8 Å². The van der Waals surface area contributed by atoms with E-state index in [0.29, 0.717) is 11.3 Å². The Balaban J connectivity index is 2.23. The first-order valence-electron chi connectivity index (χ1n) is 6.10. The van der Waals surface area contributed by atoms with Gasteiger partial charge in [0.15, 0.2) is 0 Å². The number of aliphatic hydroxyl groups excluding tert-OH is 1. The number of aromatic nitrogens is 1. The lowest BCUT2D eigenvalue weighted by atomic mass is 10.1. The first kappa shape index (κ1) is 13.4. The van der Waals surface area contributed by atoms with Crippen molar-refractivity contribution >= 4 is 0 Å². The number of hydrogen-bond acceptors (Lipinski definition) is 3. The highest BCUT2D eigenvalue weighted by molar-refractivity contribution is 5.29. The van der Waals surface area contributed by atoms with Gasteiger partial charge in [-0.3, -0.25) is 4.79 Å². The molecule has 1 unspecified atom stereocenters. The quantitative estimate of drug-likeness (QED) is 0.912. The first-order valence-corrected chi connectivity index (χ1v) is 6.10. The molecule has 0 aliphatic heterocycles. The van der Waals surface area contributed by atoms with E-state index < -0.39 is 6.10 Å². The average molecular weight is 259 g/mol. The van der Waals surface area contributed by atoms with Gasteiger partial charge in [-0.15, -0.1) is 0 Å². The van der Waals surface area contributed by atoms with Crippen LogP contribution in [0.4, 0.5) is 0 Å². The molecule has 19 heavy (non-hydrogen) atoms. The molecular formula is C15H17NO3. The summed E-state index contributed by atoms with van der Waals surface area (Å²) in [6, 6.07) is 10.8. The molecule has 1 aromatic carbocycles. The van der Waals surface area contributed by atoms with Crippen LogP contribution in [0.25, 0.3) is 0 Å². The van der Waals surface area contributed by atoms with Gasteiger partial charge < -0.3 is 14.4 Å². The predicted octanol–water partition coefficient (Wildman–Crippen LogP) is 1.90. The van der Waals surface area contributed by atoms with Gasteiger partial charge in [0.2, 0.25) is 0 Å². The number of rotatable bonds is 4. The van der Waals surface area contributed by atoms with Crippen LogP contribution in [0.2, 0.25) is 0 Å². The average Bonchev–Trinajstić information content (AvgIpc) is 2.44. The normalized spacial score (nSPS) is 12.2. The van der Waals surface area contributed by atoms with E-state index in [4.69, 9.17) is 4.74 Å². The Morgan fingerprint density at radius 1 is 1.32 bits per heavy atom. The molecule has 0 bridgehead atoms. The van der Waals surface area contributed by atoms with Crippen molar-refractivity contribution in [2.24, 2.45) is 0 Å². The third kappa shape index (κ3) is 3.03. The fraction of sp³-hybridized carbons (Fsp3) is 0.267. The zero-order valence-electron chi connectivity index (χ0n) is 11.0. The Hall–Kier alpha value is -2.07. The molecule has 1 N–H and O–H groups in total. The van der Waals surface area contributed by atoms with Gasteiger partial charge in [-0.05, 0) is 30.7 Å². The predicted molar refractivity (Wildman–Crippen MR) is 73.4 cm³/mol. The maximum Gasteiger partial charge on any atom is 0.253 e. The third-order valence-corrected chi connectivity index (χ3v) is 3.06. The number of aryl methyl sites for hydroxylation is 1. The van der Waals surface area contributed by atoms with Crippen LogP contribution in [0.5, 0.6) is 5.75 Å². The molecule has 0 amide bonds. The minimum absolute atomic E-state index is 0.0792. The third-order valence-electron chi connectivity index (χ3n) is 3.06. The van der Waals surface area contributed by atoms with Crippen molar-refractivity contribution in [3.8, 4) is 5.75 Å². The molecule has 0 fully saturated rings. The number of aliphatic hydroxyl groups is 1. The molecule has 2 rings (SSSR count). The zero-order chi connectivity index (χ0) is 13.8. The van der Waals surface area contributed by atoms with Crippen LogP contribution in [0.3, 0.4) is 0 Å². The summed E-state index contributed by atoms with van der Waals surface area (Å²) >= 11 is 0. The van der Waals surface area contributed by atoms with Crippen molar-refractivity contribution in [3.63, 3.8) is 0 Å². The van der Waals surface area contributed by atoms with Crippen LogP contribution < -0.4 is 10.3 Å². The Morgan fingerprint density at radius 3 is 2.84 bits per heavy atom. The van der Waals surface area contributed by atoms with Gasteiger partial charge in [-0.2, -0.15) is 0 Å². The van der Waals surface area contributed by atoms with Crippen LogP contribution in [0, 0.1) is 6.92 Å². The monoisotopic (exact) mass is 259 g/mol. The number of nitrogens with zero attached hydrogens (tertiary/aromatic N) is 1. The maximum atomic E-state index is 11.9. The maximum absolute atomic E-state index is 11.9. The summed E-state index contributed by atoms with van der Waals surface area (Å²) in [6.07, 6.45) is 0.938. The molecular weight excluding hydrogens is 242 g/mol. The molecule has 1 aromatic heterocycles. The van der Waals surface area contributed by atoms with E-state index in [1.54, 1.807) is 38.4 Å². The topological polar surface area (TPSA) is 51.5 Å². The molecule has 100 valence electrons. The molecule has 4 heteroatoms. The van der Waals surface area contributed by atoms with Gasteiger partial charge in [0, 0.05) is 11.8 Å². The van der Waals surface area contributed by atoms with Crippen LogP contribution in [0.1, 0.15) is 17.2 Å². The first-order chi connectivity index (χ1) is 9.11. The van der Waals surface area contributed by atoms with Gasteiger partial charge in [-0.1, -0.05) is 18.2 Å². The lowest BCUT2D eigenvalue weighted by Crippen LogP contribution is -2.24. The molecule has 0 spiro atoms. The summed E-state index contributed by atoms with van der Waals surface area (Å²) in [7, 11) is 1.58. The van der Waals surface area contributed by atoms with Crippen LogP contribution in [0.15, 0.2) is 47.4 Å². The van der Waals surface area contributed by atoms with Crippen molar-refractivity contribution in [3.05, 3.63) is 64.1 Å². The Kier molecular flexibility index (Phi) is 4.02. The van der Waals surface area contributed by atoms with Gasteiger partial charge in [0.25, 0.3) is 5.56 Å². The summed E-state index contributed by atoms with van der Waals surface area (Å²) in [6.45, 7) is 1.99. The highest BCUT2D eigenvalue weighted by Crippen LogP contribution is 2.19. The minimum atomic E-state index is -0.741. The summed E-state index contributed by atoms with van der Waals surface area (Å²) in [5.74, 6) is 0.688. The van der Waals surface area contributed by atoms with E-state index >= 15 is 0 Å². The van der Waals surface area contributed by atoms with E-state index in [1.165, 1.54) is 4.57 Å². The molecule has 0 aliphatic carbocycles. The fourth-order valence-corrected chi connectivity index (χ4v) is 1.94. The van der Waals surface area contributed by atoms with Gasteiger partial charge >= 0.3 is 0 Å². The van der Waals surface area contributed by atoms with Crippen molar-refractivity contribution < 1.29 is 9.84 Å². The highest BCUT2D eigenvalue weighted by atomic mass is 16.5. The Bertz CT molecular complexity index is 619. The summed E-state index contributed by atoms with van der Waals surface area (Å²) in [5.41, 5.74) is 1.32. The lowest BCUT2D eigenvalue weighted by molar-refractivity contribution is 0.154. The van der Waals surface area contributed by atoms with E-state index in [-0.39, 0.29) is 12.1 Å². The van der Waals surface area contributed by atoms with Crippen LogP contribution >= 0.6 is 0 Å². The van der Waals surface area contributed by atoms with Crippen molar-refractivity contribution in [1.29, 1.82) is 0 Å². The summed E-state index contributed by atoms with van der Waals surface area (Å²) < 4.78 is 6.63. The number of hydrogen-bond donors (Lipinski definition) is 1. The van der Waals surface area contributed by atoms with Gasteiger partial charge in [0.1, 0.15) is 5.75 Å². The summed E-state index contributed by atoms with van der Waals surface area (Å²) in [4.78, 5) is 11.9. The Morgan fingerprint density at radius 2 is 2.11 bits per heavy atom. The minimum Gasteiger partial charge on any atom is -0.497 e. The second-order valence-electron chi connectivity index (χ2n) is 4.44. The Labute approximate surface area is 111 Å². The van der Waals surface area contributed by atoms with Crippen molar-refractivity contribution in [2.45, 2.75) is 19.6 Å². The molecule has 2 aromatic rings. The summed E-state index contributed by atoms with van der Waals surface area (Å²) in [5, 5.41) is 10.2. The van der Waals surface area contributed by atoms with E-state index in [9.17, 15) is 9.90 Å². The van der Waals surface area contributed by atoms with Crippen molar-refractivity contribution in [2.75, 3.05) is 7.11 Å². The van der Waals surface area contributed by atoms with E-state index in [0.717, 1.165) is 5.56 Å². The second-order valence-corrected chi connectivity index (χ2v) is 4.44. The second kappa shape index (κ2) is 5.71. The molecule has 0 radical (unpaired) electrons. The van der Waals surface area contributed by atoms with Crippen molar-refractivity contribution in [1.82, 2.24) is 4.57 Å². The molecule has 0 aliphatic rings. The molecule has 1 atom stereocenters. The number of pyridine rings is 1. The molecule has 1 heterocycles. The number of methoxy groups -OCH3 is 1. The van der Waals surface area contributed by atoms with Gasteiger partial charge in [-0.25, -0.2) is 0 Å². The highest BCUT2D eigenvalue weighted by Gasteiger charge is 2.10. The van der Waals surface area contributed by atoms with E-state index in [2.05, 4.69) is 0 Å². The lowest BCUT2D eigenvalue weighted by Gasteiger charge is -2.14. The largest absolute Gasteiger partial charge is 0.497 e. The zero-order valence-corrected chi connectivity index (χ0v) is 11.0. The smallest absolute Gasteiger partial charge is 0.253 e. The number of benzene rings is 1. The molecule has 0 saturated carbocycles. The fourth-order valence-electron chi connectivity index (χ4n) is 1.94.